The quantitative estimate of drug-likeness (QED) is 0.173. The summed E-state index contributed by atoms with van der Waals surface area (Å²) in [6.45, 7) is 2.43. The molecule has 0 bridgehead atoms. The topological polar surface area (TPSA) is 79.4 Å². The third-order valence-electron chi connectivity index (χ3n) is 7.63. The van der Waals surface area contributed by atoms with Crippen molar-refractivity contribution in [1.29, 1.82) is 0 Å². The monoisotopic (exact) mass is 545 g/mol. The third kappa shape index (κ3) is 6.77. The second-order valence-electron chi connectivity index (χ2n) is 10.5. The van der Waals surface area contributed by atoms with E-state index in [4.69, 9.17) is 0 Å². The van der Waals surface area contributed by atoms with Gasteiger partial charge in [0.1, 0.15) is 0 Å². The van der Waals surface area contributed by atoms with Crippen molar-refractivity contribution in [3.63, 3.8) is 0 Å². The molecule has 208 valence electrons. The summed E-state index contributed by atoms with van der Waals surface area (Å²) in [6.07, 6.45) is 10.0. The van der Waals surface area contributed by atoms with E-state index in [0.717, 1.165) is 28.3 Å². The molecule has 1 N–H and O–H groups in total. The van der Waals surface area contributed by atoms with Crippen molar-refractivity contribution in [3.05, 3.63) is 120 Å². The summed E-state index contributed by atoms with van der Waals surface area (Å²) in [5.41, 5.74) is 3.10. The minimum Gasteiger partial charge on any atom is -0.331 e. The van der Waals surface area contributed by atoms with Gasteiger partial charge in [0.25, 0.3) is 0 Å². The van der Waals surface area contributed by atoms with Crippen LogP contribution in [0.5, 0.6) is 0 Å². The first-order chi connectivity index (χ1) is 20.0. The summed E-state index contributed by atoms with van der Waals surface area (Å²) >= 11 is 0. The number of aromatic nitrogens is 1. The van der Waals surface area contributed by atoms with Gasteiger partial charge in [-0.05, 0) is 59.4 Å². The maximum Gasteiger partial charge on any atom is 0.227 e. The zero-order valence-corrected chi connectivity index (χ0v) is 23.3. The zero-order valence-electron chi connectivity index (χ0n) is 23.3. The van der Waals surface area contributed by atoms with Crippen LogP contribution in [0.3, 0.4) is 0 Å². The number of hydrogen-bond acceptors (Lipinski definition) is 4. The summed E-state index contributed by atoms with van der Waals surface area (Å²) in [6, 6.07) is 25.0. The second kappa shape index (κ2) is 13.2. The molecule has 2 heterocycles. The van der Waals surface area contributed by atoms with E-state index in [1.807, 2.05) is 60.5 Å². The van der Waals surface area contributed by atoms with Gasteiger partial charge in [-0.3, -0.25) is 19.4 Å². The lowest BCUT2D eigenvalue weighted by molar-refractivity contribution is -0.137. The van der Waals surface area contributed by atoms with Gasteiger partial charge < -0.3 is 10.2 Å². The van der Waals surface area contributed by atoms with Crippen LogP contribution in [0.15, 0.2) is 103 Å². The van der Waals surface area contributed by atoms with Crippen LogP contribution in [-0.2, 0) is 16.0 Å². The number of carbonyl (C=O) groups excluding carboxylic acids is 3. The van der Waals surface area contributed by atoms with Gasteiger partial charge in [0.15, 0.2) is 5.78 Å². The van der Waals surface area contributed by atoms with Crippen molar-refractivity contribution >= 4 is 34.1 Å². The van der Waals surface area contributed by atoms with E-state index < -0.39 is 5.92 Å². The van der Waals surface area contributed by atoms with Gasteiger partial charge in [0.2, 0.25) is 11.8 Å². The number of anilines is 1. The predicted molar refractivity (Wildman–Crippen MR) is 163 cm³/mol. The molecule has 0 radical (unpaired) electrons. The molecule has 5 rings (SSSR count). The van der Waals surface area contributed by atoms with E-state index in [2.05, 4.69) is 34.6 Å². The van der Waals surface area contributed by atoms with Crippen molar-refractivity contribution in [2.24, 2.45) is 5.92 Å². The number of ketones is 1. The van der Waals surface area contributed by atoms with Crippen molar-refractivity contribution in [2.45, 2.75) is 45.1 Å². The standard InChI is InChI=1S/C35H35N3O3/c1-2-10-34(40)37-30-16-8-14-27(22-30)33(39)23-29(21-26-13-7-12-25-11-3-4-17-31(25)26)35(41)38-20-6-5-18-32(38)28-15-9-19-36-24-28/h3-9,11-17,19,22,24,29,32H,2,10,18,20-21,23H2,1H3,(H,37,40)/t29-,32?/m1/s1. The normalized spacial score (nSPS) is 15.4. The number of nitrogens with one attached hydrogen (secondary N) is 1. The Kier molecular flexibility index (Phi) is 8.99. The Hall–Kier alpha value is -4.58. The first kappa shape index (κ1) is 28.0. The van der Waals surface area contributed by atoms with Gasteiger partial charge in [0.05, 0.1) is 6.04 Å². The maximum atomic E-state index is 14.3. The molecule has 0 aliphatic carbocycles. The highest BCUT2D eigenvalue weighted by Gasteiger charge is 2.33. The second-order valence-corrected chi connectivity index (χ2v) is 10.5. The lowest BCUT2D eigenvalue weighted by atomic mass is 9.87. The van der Waals surface area contributed by atoms with E-state index in [1.54, 1.807) is 30.5 Å². The number of Topliss-reactive ketones (excluding diaryl/α,β-unsaturated/α-hetero) is 1. The summed E-state index contributed by atoms with van der Waals surface area (Å²) in [4.78, 5) is 46.4. The molecule has 0 saturated carbocycles. The van der Waals surface area contributed by atoms with Crippen LogP contribution >= 0.6 is 0 Å². The molecule has 6 nitrogen and oxygen atoms in total. The van der Waals surface area contributed by atoms with Crippen LogP contribution in [-0.4, -0.2) is 34.0 Å². The Morgan fingerprint density at radius 1 is 0.976 bits per heavy atom. The van der Waals surface area contributed by atoms with Crippen molar-refractivity contribution < 1.29 is 14.4 Å². The predicted octanol–water partition coefficient (Wildman–Crippen LogP) is 6.93. The van der Waals surface area contributed by atoms with Crippen LogP contribution in [0.2, 0.25) is 0 Å². The van der Waals surface area contributed by atoms with E-state index in [-0.39, 0.29) is 30.1 Å². The highest BCUT2D eigenvalue weighted by molar-refractivity contribution is 6.00. The largest absolute Gasteiger partial charge is 0.331 e. The number of hydrogen-bond donors (Lipinski definition) is 1. The van der Waals surface area contributed by atoms with Gasteiger partial charge in [-0.25, -0.2) is 0 Å². The molecular formula is C35H35N3O3. The third-order valence-corrected chi connectivity index (χ3v) is 7.63. The molecule has 1 unspecified atom stereocenters. The fraction of sp³-hybridized carbons (Fsp3) is 0.257. The summed E-state index contributed by atoms with van der Waals surface area (Å²) < 4.78 is 0. The molecule has 2 amide bonds. The lowest BCUT2D eigenvalue weighted by Crippen LogP contribution is -2.42. The molecule has 1 aromatic heterocycles. The van der Waals surface area contributed by atoms with Gasteiger partial charge in [-0.2, -0.15) is 0 Å². The summed E-state index contributed by atoms with van der Waals surface area (Å²) in [7, 11) is 0. The number of amides is 2. The van der Waals surface area contributed by atoms with Gasteiger partial charge >= 0.3 is 0 Å². The molecule has 0 spiro atoms. The lowest BCUT2D eigenvalue weighted by Gasteiger charge is -2.36. The number of rotatable bonds is 10. The van der Waals surface area contributed by atoms with Crippen molar-refractivity contribution in [1.82, 2.24) is 9.88 Å². The number of pyridine rings is 1. The Balaban J connectivity index is 1.45. The Morgan fingerprint density at radius 3 is 2.63 bits per heavy atom. The van der Waals surface area contributed by atoms with Gasteiger partial charge in [-0.1, -0.05) is 79.7 Å². The first-order valence-electron chi connectivity index (χ1n) is 14.3. The minimum atomic E-state index is -0.558. The summed E-state index contributed by atoms with van der Waals surface area (Å²) in [5.74, 6) is -0.810. The molecule has 6 heteroatoms. The molecule has 3 aromatic carbocycles. The highest BCUT2D eigenvalue weighted by Crippen LogP contribution is 2.32. The average Bonchev–Trinajstić information content (AvgIpc) is 3.01. The van der Waals surface area contributed by atoms with Gasteiger partial charge in [0, 0.05) is 48.9 Å². The number of fused-ring (bicyclic) bond motifs is 1. The Bertz CT molecular complexity index is 1560. The SMILES string of the molecule is CCCC(=O)Nc1cccc(C(=O)C[C@@H](Cc2cccc3ccccc23)C(=O)N2CC=CCC2c2cccnc2)c1. The highest BCUT2D eigenvalue weighted by atomic mass is 16.2. The van der Waals surface area contributed by atoms with E-state index >= 15 is 0 Å². The molecule has 41 heavy (non-hydrogen) atoms. The van der Waals surface area contributed by atoms with Crippen LogP contribution in [0.25, 0.3) is 10.8 Å². The molecule has 4 aromatic rings. The number of benzene rings is 3. The van der Waals surface area contributed by atoms with Crippen LogP contribution in [0, 0.1) is 5.92 Å². The molecule has 1 aliphatic heterocycles. The van der Waals surface area contributed by atoms with E-state index in [9.17, 15) is 14.4 Å². The molecular weight excluding hydrogens is 510 g/mol. The number of carbonyl (C=O) groups is 3. The smallest absolute Gasteiger partial charge is 0.227 e. The van der Waals surface area contributed by atoms with Crippen LogP contribution in [0.4, 0.5) is 5.69 Å². The molecule has 0 saturated heterocycles. The van der Waals surface area contributed by atoms with Crippen LogP contribution in [0.1, 0.15) is 60.1 Å². The Labute approximate surface area is 241 Å². The maximum absolute atomic E-state index is 14.3. The average molecular weight is 546 g/mol. The first-order valence-corrected chi connectivity index (χ1v) is 14.3. The summed E-state index contributed by atoms with van der Waals surface area (Å²) in [5, 5.41) is 5.06. The van der Waals surface area contributed by atoms with Crippen molar-refractivity contribution in [2.75, 3.05) is 11.9 Å². The molecule has 0 fully saturated rings. The van der Waals surface area contributed by atoms with E-state index in [0.29, 0.717) is 37.1 Å². The molecule has 1 aliphatic rings. The number of nitrogens with zero attached hydrogens (tertiary/aromatic N) is 2. The van der Waals surface area contributed by atoms with Crippen LogP contribution < -0.4 is 5.32 Å². The Morgan fingerprint density at radius 2 is 1.80 bits per heavy atom. The van der Waals surface area contributed by atoms with Gasteiger partial charge in [-0.15, -0.1) is 0 Å². The fourth-order valence-corrected chi connectivity index (χ4v) is 5.58. The minimum absolute atomic E-state index is 0.0445. The van der Waals surface area contributed by atoms with Crippen molar-refractivity contribution in [3.8, 4) is 0 Å². The zero-order chi connectivity index (χ0) is 28.6. The fourth-order valence-electron chi connectivity index (χ4n) is 5.58. The molecule has 2 atom stereocenters. The van der Waals surface area contributed by atoms with E-state index in [1.165, 1.54) is 0 Å².